The van der Waals surface area contributed by atoms with Gasteiger partial charge in [0.1, 0.15) is 0 Å². The predicted octanol–water partition coefficient (Wildman–Crippen LogP) is 7.16. The quantitative estimate of drug-likeness (QED) is 0.181. The molecule has 2 aliphatic carbocycles. The van der Waals surface area contributed by atoms with E-state index in [9.17, 15) is 0 Å². The van der Waals surface area contributed by atoms with E-state index in [-0.39, 0.29) is 46.5 Å². The summed E-state index contributed by atoms with van der Waals surface area (Å²) in [6.45, 7) is 34.1. The van der Waals surface area contributed by atoms with Gasteiger partial charge in [-0.05, 0) is 0 Å². The third-order valence-corrected chi connectivity index (χ3v) is 20.9. The number of hydrogen-bond acceptors (Lipinski definition) is 0. The second kappa shape index (κ2) is 15.1. The Hall–Kier alpha value is -2.31. The van der Waals surface area contributed by atoms with Gasteiger partial charge in [0.05, 0.1) is 0 Å². The minimum Gasteiger partial charge on any atom is -1.00 e. The Morgan fingerprint density at radius 3 is 1.58 bits per heavy atom. The molecule has 4 aromatic rings. The monoisotopic (exact) mass is 808 g/mol. The van der Waals surface area contributed by atoms with Crippen molar-refractivity contribution < 1.29 is 46.1 Å². The summed E-state index contributed by atoms with van der Waals surface area (Å²) in [6.07, 6.45) is 9.38. The van der Waals surface area contributed by atoms with Crippen molar-refractivity contribution in [3.05, 3.63) is 122 Å². The van der Waals surface area contributed by atoms with Crippen LogP contribution in [0.25, 0.3) is 33.4 Å². The van der Waals surface area contributed by atoms with E-state index < -0.39 is 21.3 Å². The smallest absolute Gasteiger partial charge is 1.00 e. The first-order valence-electron chi connectivity index (χ1n) is 18.8. The summed E-state index contributed by atoms with van der Waals surface area (Å²) in [5.74, 6) is 0. The number of hydrogen-bond donors (Lipinski definition) is 0. The SMILES string of the molecule is Cc1ccccc1-c1cc2c(cc1C(C)(C)C)-c1cc(C(C)(C)C)c(-c3ccccc3C)[c]([Zr+2]([C]3=CC=CC3)=[C](C(C)(C)C)C(C)(C)C)c1C2.[Cl-].[Cl-]. The third kappa shape index (κ3) is 7.90. The van der Waals surface area contributed by atoms with Crippen molar-refractivity contribution in [2.24, 2.45) is 10.8 Å². The molecule has 3 heteroatoms. The van der Waals surface area contributed by atoms with E-state index in [0.717, 1.165) is 12.8 Å². The molecule has 0 bridgehead atoms. The molecule has 0 amide bonds. The molecule has 52 heavy (non-hydrogen) atoms. The van der Waals surface area contributed by atoms with Gasteiger partial charge >= 0.3 is 314 Å². The molecule has 0 unspecified atom stereocenters. The first-order chi connectivity index (χ1) is 23.2. The van der Waals surface area contributed by atoms with Crippen molar-refractivity contribution >= 4 is 6.48 Å². The molecule has 0 radical (unpaired) electrons. The zero-order chi connectivity index (χ0) is 36.6. The van der Waals surface area contributed by atoms with Crippen LogP contribution in [0.1, 0.15) is 123 Å². The Labute approximate surface area is 336 Å². The molecule has 6 rings (SSSR count). The van der Waals surface area contributed by atoms with Gasteiger partial charge in [-0.15, -0.1) is 0 Å². The van der Waals surface area contributed by atoms with Gasteiger partial charge in [0.2, 0.25) is 0 Å². The molecule has 2 aliphatic rings. The van der Waals surface area contributed by atoms with Crippen molar-refractivity contribution in [1.29, 1.82) is 0 Å². The summed E-state index contributed by atoms with van der Waals surface area (Å²) in [6, 6.07) is 26.0. The van der Waals surface area contributed by atoms with Gasteiger partial charge in [0.15, 0.2) is 0 Å². The number of allylic oxidation sites excluding steroid dienone is 4. The van der Waals surface area contributed by atoms with Crippen LogP contribution in [0.2, 0.25) is 0 Å². The fraction of sp³-hybridized carbons (Fsp3) is 0.408. The summed E-state index contributed by atoms with van der Waals surface area (Å²) >= 11 is -2.81. The number of aryl methyl sites for hydroxylation is 2. The van der Waals surface area contributed by atoms with Crippen LogP contribution in [0, 0.1) is 24.7 Å². The molecule has 0 N–H and O–H groups in total. The van der Waals surface area contributed by atoms with Gasteiger partial charge in [0.25, 0.3) is 0 Å². The van der Waals surface area contributed by atoms with E-state index in [2.05, 4.69) is 182 Å². The largest absolute Gasteiger partial charge is 1.00 e. The molecule has 0 spiro atoms. The maximum atomic E-state index is 2.64. The second-order valence-electron chi connectivity index (χ2n) is 19.1. The molecule has 0 aliphatic heterocycles. The Bertz CT molecular complexity index is 2080. The summed E-state index contributed by atoms with van der Waals surface area (Å²) in [5, 5.41) is 0. The Balaban J connectivity index is 0.00000302. The van der Waals surface area contributed by atoms with Crippen LogP contribution >= 0.6 is 0 Å². The summed E-state index contributed by atoms with van der Waals surface area (Å²) < 4.78 is 5.28. The van der Waals surface area contributed by atoms with E-state index in [0.29, 0.717) is 0 Å². The Morgan fingerprint density at radius 1 is 0.577 bits per heavy atom. The minimum absolute atomic E-state index is 0. The molecular formula is C49H60Cl2Zr. The molecule has 274 valence electrons. The minimum atomic E-state index is -2.81. The van der Waals surface area contributed by atoms with E-state index in [1.165, 1.54) is 55.6 Å². The van der Waals surface area contributed by atoms with Crippen molar-refractivity contribution in [1.82, 2.24) is 0 Å². The maximum absolute atomic E-state index is 2.81. The first kappa shape index (κ1) is 42.4. The number of rotatable bonds is 4. The number of halogens is 2. The third-order valence-electron chi connectivity index (χ3n) is 10.9. The van der Waals surface area contributed by atoms with E-state index >= 15 is 0 Å². The van der Waals surface area contributed by atoms with Crippen LogP contribution in [0.3, 0.4) is 0 Å². The molecule has 0 atom stereocenters. The number of benzene rings is 4. The summed E-state index contributed by atoms with van der Waals surface area (Å²) in [7, 11) is 0. The Kier molecular flexibility index (Phi) is 12.3. The molecule has 0 nitrogen and oxygen atoms in total. The molecular weight excluding hydrogens is 751 g/mol. The van der Waals surface area contributed by atoms with E-state index in [1.54, 1.807) is 17.7 Å². The maximum Gasteiger partial charge on any atom is -1.00 e. The first-order valence-corrected chi connectivity index (χ1v) is 22.5. The number of fused-ring (bicyclic) bond motifs is 3. The summed E-state index contributed by atoms with van der Waals surface area (Å²) in [4.78, 5) is 0. The standard InChI is InChI=1S/C35H37.C9H18.C5H5.2ClH.Zr/c1-22-13-9-11-15-26(22)30-18-24-17-25-19-31(27-16-12-10-14-23(27)2)33(35(6,7)8)21-29(25)28(24)20-32(30)34(3,4)5;1-8(2,3)7-9(4,5)6;1-2-4-5-3-1;;;/h9-16,18,20-21H,17H2,1-8H3;1-6H3;1-3H,4H2;2*1H;/q;;;;;+2/p-2. The topological polar surface area (TPSA) is 0 Å². The fourth-order valence-electron chi connectivity index (χ4n) is 9.05. The van der Waals surface area contributed by atoms with Crippen LogP contribution in [-0.4, -0.2) is 3.21 Å². The molecule has 4 aromatic carbocycles. The van der Waals surface area contributed by atoms with Crippen molar-refractivity contribution in [3.63, 3.8) is 0 Å². The van der Waals surface area contributed by atoms with Crippen LogP contribution in [-0.2, 0) is 38.5 Å². The second-order valence-corrected chi connectivity index (χ2v) is 25.0. The predicted molar refractivity (Wildman–Crippen MR) is 218 cm³/mol. The summed E-state index contributed by atoms with van der Waals surface area (Å²) in [5.41, 5.74) is 17.6. The van der Waals surface area contributed by atoms with Crippen LogP contribution in [0.4, 0.5) is 0 Å². The molecule has 0 aromatic heterocycles. The van der Waals surface area contributed by atoms with Crippen LogP contribution in [0.15, 0.2) is 88.2 Å². The van der Waals surface area contributed by atoms with Crippen molar-refractivity contribution in [2.45, 2.75) is 121 Å². The van der Waals surface area contributed by atoms with Gasteiger partial charge in [-0.3, -0.25) is 0 Å². The Morgan fingerprint density at radius 2 is 1.10 bits per heavy atom. The van der Waals surface area contributed by atoms with Crippen LogP contribution in [0.5, 0.6) is 0 Å². The van der Waals surface area contributed by atoms with Gasteiger partial charge in [-0.25, -0.2) is 0 Å². The average Bonchev–Trinajstić information content (AvgIpc) is 3.65. The molecule has 0 heterocycles. The van der Waals surface area contributed by atoms with Gasteiger partial charge < -0.3 is 24.8 Å². The fourth-order valence-corrected chi connectivity index (χ4v) is 18.9. The van der Waals surface area contributed by atoms with Gasteiger partial charge in [-0.2, -0.15) is 0 Å². The zero-order valence-electron chi connectivity index (χ0n) is 34.3. The van der Waals surface area contributed by atoms with E-state index in [4.69, 9.17) is 0 Å². The zero-order valence-corrected chi connectivity index (χ0v) is 38.2. The van der Waals surface area contributed by atoms with Crippen molar-refractivity contribution in [3.8, 4) is 33.4 Å². The van der Waals surface area contributed by atoms with E-state index in [1.807, 2.05) is 3.21 Å². The molecule has 0 saturated carbocycles. The average molecular weight is 811 g/mol. The van der Waals surface area contributed by atoms with Crippen molar-refractivity contribution in [2.75, 3.05) is 0 Å². The van der Waals surface area contributed by atoms with Crippen LogP contribution < -0.4 is 28.1 Å². The van der Waals surface area contributed by atoms with Gasteiger partial charge in [-0.1, -0.05) is 0 Å². The molecule has 0 saturated heterocycles. The normalized spacial score (nSPS) is 13.8. The molecule has 0 fully saturated rings. The van der Waals surface area contributed by atoms with Gasteiger partial charge in [0, 0.05) is 0 Å².